The summed E-state index contributed by atoms with van der Waals surface area (Å²) in [5.41, 5.74) is 0. The Morgan fingerprint density at radius 3 is 3.00 bits per heavy atom. The van der Waals surface area contributed by atoms with E-state index >= 15 is 0 Å². The SMILES string of the molecule is CCOC(=O)[C@@H]1CCCN1CC(O)CO. The molecule has 0 bridgehead atoms. The maximum Gasteiger partial charge on any atom is 0.323 e. The van der Waals surface area contributed by atoms with Crippen LogP contribution in [-0.2, 0) is 9.53 Å². The van der Waals surface area contributed by atoms with Gasteiger partial charge in [-0.15, -0.1) is 0 Å². The minimum atomic E-state index is -0.778. The normalized spacial score (nSPS) is 24.1. The second kappa shape index (κ2) is 6.05. The van der Waals surface area contributed by atoms with Gasteiger partial charge in [-0.1, -0.05) is 0 Å². The zero-order valence-corrected chi connectivity index (χ0v) is 9.06. The molecule has 1 heterocycles. The predicted molar refractivity (Wildman–Crippen MR) is 54.3 cm³/mol. The van der Waals surface area contributed by atoms with Crippen molar-refractivity contribution in [2.24, 2.45) is 0 Å². The number of esters is 1. The molecule has 1 fully saturated rings. The number of hydrogen-bond donors (Lipinski definition) is 2. The van der Waals surface area contributed by atoms with E-state index in [1.54, 1.807) is 6.92 Å². The number of ether oxygens (including phenoxy) is 1. The van der Waals surface area contributed by atoms with Gasteiger partial charge in [0.15, 0.2) is 0 Å². The zero-order valence-electron chi connectivity index (χ0n) is 9.06. The highest BCUT2D eigenvalue weighted by molar-refractivity contribution is 5.76. The average molecular weight is 217 g/mol. The molecule has 5 heteroatoms. The Kier molecular flexibility index (Phi) is 5.01. The lowest BCUT2D eigenvalue weighted by atomic mass is 10.2. The molecule has 5 nitrogen and oxygen atoms in total. The molecule has 1 aliphatic rings. The largest absolute Gasteiger partial charge is 0.465 e. The standard InChI is InChI=1S/C10H19NO4/c1-2-15-10(14)9-4-3-5-11(9)6-8(13)7-12/h8-9,12-13H,2-7H2,1H3/t8?,9-/m0/s1. The molecule has 88 valence electrons. The fourth-order valence-electron chi connectivity index (χ4n) is 1.88. The number of carbonyl (C=O) groups excluding carboxylic acids is 1. The van der Waals surface area contributed by atoms with Crippen LogP contribution in [0.4, 0.5) is 0 Å². The van der Waals surface area contributed by atoms with E-state index in [0.29, 0.717) is 13.2 Å². The van der Waals surface area contributed by atoms with Gasteiger partial charge in [0.25, 0.3) is 0 Å². The lowest BCUT2D eigenvalue weighted by molar-refractivity contribution is -0.148. The molecular weight excluding hydrogens is 198 g/mol. The van der Waals surface area contributed by atoms with E-state index in [1.165, 1.54) is 0 Å². The molecule has 0 radical (unpaired) electrons. The zero-order chi connectivity index (χ0) is 11.3. The maximum absolute atomic E-state index is 11.5. The summed E-state index contributed by atoms with van der Waals surface area (Å²) in [6, 6.07) is -0.244. The van der Waals surface area contributed by atoms with Crippen LogP contribution in [0.2, 0.25) is 0 Å². The van der Waals surface area contributed by atoms with Crippen molar-refractivity contribution in [2.75, 3.05) is 26.3 Å². The summed E-state index contributed by atoms with van der Waals surface area (Å²) in [7, 11) is 0. The van der Waals surface area contributed by atoms with Crippen molar-refractivity contribution in [2.45, 2.75) is 31.9 Å². The van der Waals surface area contributed by atoms with Crippen molar-refractivity contribution in [1.29, 1.82) is 0 Å². The highest BCUT2D eigenvalue weighted by Gasteiger charge is 2.32. The van der Waals surface area contributed by atoms with Gasteiger partial charge in [-0.2, -0.15) is 0 Å². The van der Waals surface area contributed by atoms with Crippen LogP contribution in [0.3, 0.4) is 0 Å². The van der Waals surface area contributed by atoms with Gasteiger partial charge in [0.1, 0.15) is 6.04 Å². The van der Waals surface area contributed by atoms with Gasteiger partial charge < -0.3 is 14.9 Å². The van der Waals surface area contributed by atoms with E-state index < -0.39 is 6.10 Å². The summed E-state index contributed by atoms with van der Waals surface area (Å²) in [5.74, 6) is -0.222. The molecule has 2 N–H and O–H groups in total. The molecule has 15 heavy (non-hydrogen) atoms. The lowest BCUT2D eigenvalue weighted by Gasteiger charge is -2.24. The molecule has 0 spiro atoms. The van der Waals surface area contributed by atoms with Gasteiger partial charge in [-0.05, 0) is 26.3 Å². The van der Waals surface area contributed by atoms with Crippen molar-refractivity contribution in [1.82, 2.24) is 4.90 Å². The molecule has 1 aliphatic heterocycles. The van der Waals surface area contributed by atoms with Gasteiger partial charge >= 0.3 is 5.97 Å². The number of likely N-dealkylation sites (tertiary alicyclic amines) is 1. The molecule has 1 unspecified atom stereocenters. The summed E-state index contributed by atoms with van der Waals surface area (Å²) >= 11 is 0. The van der Waals surface area contributed by atoms with Crippen LogP contribution in [0.1, 0.15) is 19.8 Å². The molecule has 2 atom stereocenters. The molecule has 1 rings (SSSR count). The second-order valence-electron chi connectivity index (χ2n) is 3.74. The smallest absolute Gasteiger partial charge is 0.323 e. The first kappa shape index (κ1) is 12.4. The Balaban J connectivity index is 2.45. The Morgan fingerprint density at radius 1 is 1.67 bits per heavy atom. The van der Waals surface area contributed by atoms with Crippen molar-refractivity contribution in [3.63, 3.8) is 0 Å². The van der Waals surface area contributed by atoms with Crippen molar-refractivity contribution >= 4 is 5.97 Å². The van der Waals surface area contributed by atoms with Gasteiger partial charge in [-0.3, -0.25) is 9.69 Å². The summed E-state index contributed by atoms with van der Waals surface area (Å²) in [4.78, 5) is 13.4. The van der Waals surface area contributed by atoms with Crippen molar-refractivity contribution in [3.8, 4) is 0 Å². The molecule has 0 saturated carbocycles. The average Bonchev–Trinajstić information content (AvgIpc) is 2.66. The third kappa shape index (κ3) is 3.44. The summed E-state index contributed by atoms with van der Waals surface area (Å²) in [5, 5.41) is 18.0. The monoisotopic (exact) mass is 217 g/mol. The van der Waals surface area contributed by atoms with Crippen molar-refractivity contribution < 1.29 is 19.7 Å². The first-order chi connectivity index (χ1) is 7.19. The minimum absolute atomic E-state index is 0.222. The fourth-order valence-corrected chi connectivity index (χ4v) is 1.88. The number of carbonyl (C=O) groups is 1. The predicted octanol–water partition coefficient (Wildman–Crippen LogP) is -0.633. The molecular formula is C10H19NO4. The van der Waals surface area contributed by atoms with Crippen LogP contribution < -0.4 is 0 Å². The van der Waals surface area contributed by atoms with Crippen LogP contribution >= 0.6 is 0 Å². The number of nitrogens with zero attached hydrogens (tertiary/aromatic N) is 1. The van der Waals surface area contributed by atoms with Gasteiger partial charge in [0.2, 0.25) is 0 Å². The minimum Gasteiger partial charge on any atom is -0.465 e. The highest BCUT2D eigenvalue weighted by Crippen LogP contribution is 2.18. The molecule has 0 aromatic carbocycles. The summed E-state index contributed by atoms with van der Waals surface area (Å²) in [6.07, 6.45) is 0.929. The number of aliphatic hydroxyl groups is 2. The Morgan fingerprint density at radius 2 is 2.40 bits per heavy atom. The van der Waals surface area contributed by atoms with E-state index in [1.807, 2.05) is 4.90 Å². The second-order valence-corrected chi connectivity index (χ2v) is 3.74. The van der Waals surface area contributed by atoms with Crippen LogP contribution in [0.15, 0.2) is 0 Å². The van der Waals surface area contributed by atoms with Crippen LogP contribution in [0, 0.1) is 0 Å². The molecule has 0 aliphatic carbocycles. The molecule has 0 amide bonds. The van der Waals surface area contributed by atoms with Crippen LogP contribution in [-0.4, -0.2) is 59.5 Å². The van der Waals surface area contributed by atoms with Crippen LogP contribution in [0.25, 0.3) is 0 Å². The van der Waals surface area contributed by atoms with E-state index in [-0.39, 0.29) is 18.6 Å². The molecule has 0 aromatic heterocycles. The van der Waals surface area contributed by atoms with Crippen molar-refractivity contribution in [3.05, 3.63) is 0 Å². The topological polar surface area (TPSA) is 70.0 Å². The van der Waals surface area contributed by atoms with E-state index in [2.05, 4.69) is 0 Å². The lowest BCUT2D eigenvalue weighted by Crippen LogP contribution is -2.42. The maximum atomic E-state index is 11.5. The number of β-amino-alcohol motifs (C(OH)–C–C–N with tert-alkyl or cyclic N) is 1. The summed E-state index contributed by atoms with van der Waals surface area (Å²) < 4.78 is 4.95. The quantitative estimate of drug-likeness (QED) is 0.600. The number of aliphatic hydroxyl groups excluding tert-OH is 2. The third-order valence-electron chi connectivity index (χ3n) is 2.58. The van der Waals surface area contributed by atoms with Gasteiger partial charge in [-0.25, -0.2) is 0 Å². The highest BCUT2D eigenvalue weighted by atomic mass is 16.5. The first-order valence-electron chi connectivity index (χ1n) is 5.38. The Labute approximate surface area is 89.6 Å². The molecule has 0 aromatic rings. The number of rotatable bonds is 5. The molecule has 1 saturated heterocycles. The van der Waals surface area contributed by atoms with E-state index in [9.17, 15) is 9.90 Å². The fraction of sp³-hybridized carbons (Fsp3) is 0.900. The Hall–Kier alpha value is -0.650. The van der Waals surface area contributed by atoms with Crippen LogP contribution in [0.5, 0.6) is 0 Å². The first-order valence-corrected chi connectivity index (χ1v) is 5.38. The summed E-state index contributed by atoms with van der Waals surface area (Å²) in [6.45, 7) is 3.00. The van der Waals surface area contributed by atoms with Gasteiger partial charge in [0, 0.05) is 6.54 Å². The number of hydrogen-bond acceptors (Lipinski definition) is 5. The Bertz CT molecular complexity index is 210. The van der Waals surface area contributed by atoms with Gasteiger partial charge in [0.05, 0.1) is 19.3 Å². The van der Waals surface area contributed by atoms with E-state index in [0.717, 1.165) is 19.4 Å². The third-order valence-corrected chi connectivity index (χ3v) is 2.58. The van der Waals surface area contributed by atoms with E-state index in [4.69, 9.17) is 9.84 Å².